The number of aromatic nitrogens is 2. The van der Waals surface area contributed by atoms with Crippen molar-refractivity contribution in [2.45, 2.75) is 25.1 Å². The van der Waals surface area contributed by atoms with Crippen LogP contribution in [0.2, 0.25) is 0 Å². The maximum absolute atomic E-state index is 13.5. The molecule has 0 radical (unpaired) electrons. The maximum Gasteiger partial charge on any atom is 0.416 e. The molecule has 2 aromatic carbocycles. The molecule has 2 heterocycles. The van der Waals surface area contributed by atoms with Crippen molar-refractivity contribution in [1.29, 1.82) is 0 Å². The fourth-order valence-electron chi connectivity index (χ4n) is 4.78. The molecule has 5 rings (SSSR count). The van der Waals surface area contributed by atoms with Crippen LogP contribution in [-0.2, 0) is 12.6 Å². The average molecular weight is 472 g/mol. The lowest BCUT2D eigenvalue weighted by Gasteiger charge is -2.19. The van der Waals surface area contributed by atoms with Crippen LogP contribution in [0.25, 0.3) is 5.69 Å². The van der Waals surface area contributed by atoms with E-state index < -0.39 is 40.6 Å². The molecule has 11 heteroatoms. The van der Waals surface area contributed by atoms with E-state index in [0.717, 1.165) is 32.8 Å². The number of anilines is 2. The molecule has 3 aromatic rings. The summed E-state index contributed by atoms with van der Waals surface area (Å²) in [5.41, 5.74) is -1.20. The zero-order chi connectivity index (χ0) is 24.4. The van der Waals surface area contributed by atoms with E-state index in [9.17, 15) is 32.7 Å². The Morgan fingerprint density at radius 3 is 2.65 bits per heavy atom. The van der Waals surface area contributed by atoms with Crippen LogP contribution in [-0.4, -0.2) is 33.9 Å². The topological polar surface area (TPSA) is 96.6 Å². The smallest absolute Gasteiger partial charge is 0.416 e. The third kappa shape index (κ3) is 3.27. The van der Waals surface area contributed by atoms with Crippen LogP contribution < -0.4 is 21.5 Å². The zero-order valence-corrected chi connectivity index (χ0v) is 17.9. The molecular formula is C23H19F3N4O4. The van der Waals surface area contributed by atoms with Crippen molar-refractivity contribution >= 4 is 17.3 Å². The van der Waals surface area contributed by atoms with Crippen molar-refractivity contribution in [1.82, 2.24) is 9.13 Å². The SMILES string of the molecule is CN1CNc2cc(-n3cc(C(=O)O)c(=O)n([C@@H]4CCc5c4cccc5C(F)(F)F)c3=O)ccc21. The highest BCUT2D eigenvalue weighted by Gasteiger charge is 2.38. The number of nitrogens with zero attached hydrogens (tertiary/aromatic N) is 3. The first-order valence-corrected chi connectivity index (χ1v) is 10.5. The van der Waals surface area contributed by atoms with Crippen LogP contribution in [0.3, 0.4) is 0 Å². The van der Waals surface area contributed by atoms with Gasteiger partial charge in [-0.25, -0.2) is 9.59 Å². The van der Waals surface area contributed by atoms with Crippen LogP contribution in [0.5, 0.6) is 0 Å². The summed E-state index contributed by atoms with van der Waals surface area (Å²) in [5.74, 6) is -1.53. The Hall–Kier alpha value is -4.02. The summed E-state index contributed by atoms with van der Waals surface area (Å²) in [6.07, 6.45) is -3.55. The molecule has 1 aliphatic carbocycles. The summed E-state index contributed by atoms with van der Waals surface area (Å²) in [6.45, 7) is 0.550. The summed E-state index contributed by atoms with van der Waals surface area (Å²) in [7, 11) is 1.88. The van der Waals surface area contributed by atoms with E-state index in [1.54, 1.807) is 18.2 Å². The molecule has 176 valence electrons. The molecule has 8 nitrogen and oxygen atoms in total. The molecular weight excluding hydrogens is 453 g/mol. The van der Waals surface area contributed by atoms with Crippen molar-refractivity contribution in [3.8, 4) is 5.69 Å². The predicted octanol–water partition coefficient (Wildman–Crippen LogP) is 3.07. The molecule has 34 heavy (non-hydrogen) atoms. The number of alkyl halides is 3. The van der Waals surface area contributed by atoms with Crippen molar-refractivity contribution < 1.29 is 23.1 Å². The number of carboxylic acid groups (broad SMARTS) is 1. The molecule has 2 aliphatic rings. The van der Waals surface area contributed by atoms with Crippen molar-refractivity contribution in [3.63, 3.8) is 0 Å². The molecule has 2 N–H and O–H groups in total. The first-order valence-electron chi connectivity index (χ1n) is 10.5. The average Bonchev–Trinajstić information content (AvgIpc) is 3.36. The Morgan fingerprint density at radius 2 is 1.94 bits per heavy atom. The van der Waals surface area contributed by atoms with Crippen molar-refractivity contribution in [2.75, 3.05) is 23.9 Å². The normalized spacial score (nSPS) is 16.8. The number of carbonyl (C=O) groups is 1. The highest BCUT2D eigenvalue weighted by molar-refractivity contribution is 5.87. The van der Waals surface area contributed by atoms with Gasteiger partial charge < -0.3 is 15.3 Å². The van der Waals surface area contributed by atoms with Gasteiger partial charge in [-0.15, -0.1) is 0 Å². The Labute approximate surface area is 190 Å². The second-order valence-corrected chi connectivity index (χ2v) is 8.34. The predicted molar refractivity (Wildman–Crippen MR) is 118 cm³/mol. The highest BCUT2D eigenvalue weighted by atomic mass is 19.4. The van der Waals surface area contributed by atoms with Gasteiger partial charge in [0.2, 0.25) is 0 Å². The van der Waals surface area contributed by atoms with E-state index in [1.807, 2.05) is 11.9 Å². The van der Waals surface area contributed by atoms with Crippen molar-refractivity contribution in [3.05, 3.63) is 85.7 Å². The first kappa shape index (κ1) is 21.8. The number of hydrogen-bond acceptors (Lipinski definition) is 5. The lowest BCUT2D eigenvalue weighted by Crippen LogP contribution is -2.43. The molecule has 0 unspecified atom stereocenters. The third-order valence-corrected chi connectivity index (χ3v) is 6.38. The summed E-state index contributed by atoms with van der Waals surface area (Å²) < 4.78 is 42.3. The Bertz CT molecular complexity index is 1460. The largest absolute Gasteiger partial charge is 0.477 e. The van der Waals surface area contributed by atoms with Gasteiger partial charge in [0.05, 0.1) is 35.3 Å². The number of benzene rings is 2. The molecule has 0 fully saturated rings. The Kier molecular flexibility index (Phi) is 4.81. The second-order valence-electron chi connectivity index (χ2n) is 8.34. The first-order chi connectivity index (χ1) is 16.1. The number of hydrogen-bond donors (Lipinski definition) is 2. The summed E-state index contributed by atoms with van der Waals surface area (Å²) in [5, 5.41) is 12.8. The number of carboxylic acids is 1. The van der Waals surface area contributed by atoms with Crippen LogP contribution in [0.4, 0.5) is 24.5 Å². The Morgan fingerprint density at radius 1 is 1.18 bits per heavy atom. The van der Waals surface area contributed by atoms with E-state index in [1.165, 1.54) is 12.1 Å². The standard InChI is InChI=1S/C23H19F3N4O4/c1-28-11-27-17-9-12(5-7-19(17)28)29-10-15(21(32)33)20(31)30(22(29)34)18-8-6-13-14(18)3-2-4-16(13)23(24,25)26/h2-5,7,9-10,18,27H,6,8,11H2,1H3,(H,32,33)/t18-/m1/s1. The summed E-state index contributed by atoms with van der Waals surface area (Å²) >= 11 is 0. The fraction of sp³-hybridized carbons (Fsp3) is 0.261. The van der Waals surface area contributed by atoms with Gasteiger partial charge in [0.25, 0.3) is 5.56 Å². The molecule has 1 aliphatic heterocycles. The fourth-order valence-corrected chi connectivity index (χ4v) is 4.78. The minimum Gasteiger partial charge on any atom is -0.477 e. The van der Waals surface area contributed by atoms with Gasteiger partial charge in [0.1, 0.15) is 5.56 Å². The maximum atomic E-state index is 13.5. The van der Waals surface area contributed by atoms with Gasteiger partial charge in [-0.3, -0.25) is 13.9 Å². The van der Waals surface area contributed by atoms with Gasteiger partial charge in [0, 0.05) is 13.2 Å². The van der Waals surface area contributed by atoms with E-state index >= 15 is 0 Å². The monoisotopic (exact) mass is 472 g/mol. The van der Waals surface area contributed by atoms with E-state index in [2.05, 4.69) is 5.32 Å². The molecule has 0 amide bonds. The lowest BCUT2D eigenvalue weighted by atomic mass is 10.0. The third-order valence-electron chi connectivity index (χ3n) is 6.38. The van der Waals surface area contributed by atoms with Crippen LogP contribution >= 0.6 is 0 Å². The molecule has 0 spiro atoms. The van der Waals surface area contributed by atoms with Crippen molar-refractivity contribution in [2.24, 2.45) is 0 Å². The Balaban J connectivity index is 1.72. The second kappa shape index (κ2) is 7.51. The number of halogens is 3. The summed E-state index contributed by atoms with van der Waals surface area (Å²) in [4.78, 5) is 40.3. The van der Waals surface area contributed by atoms with Gasteiger partial charge >= 0.3 is 17.8 Å². The quantitative estimate of drug-likeness (QED) is 0.608. The van der Waals surface area contributed by atoms with E-state index in [-0.39, 0.29) is 24.0 Å². The molecule has 0 saturated carbocycles. The number of rotatable bonds is 3. The lowest BCUT2D eigenvalue weighted by molar-refractivity contribution is -0.138. The minimum absolute atomic E-state index is 0.00790. The van der Waals surface area contributed by atoms with Crippen LogP contribution in [0.15, 0.2) is 52.2 Å². The van der Waals surface area contributed by atoms with Crippen LogP contribution in [0, 0.1) is 0 Å². The van der Waals surface area contributed by atoms with Gasteiger partial charge in [0.15, 0.2) is 0 Å². The number of fused-ring (bicyclic) bond motifs is 2. The molecule has 1 atom stereocenters. The zero-order valence-electron chi connectivity index (χ0n) is 17.9. The van der Waals surface area contributed by atoms with Gasteiger partial charge in [-0.2, -0.15) is 13.2 Å². The minimum atomic E-state index is -4.58. The van der Waals surface area contributed by atoms with Gasteiger partial charge in [-0.1, -0.05) is 12.1 Å². The van der Waals surface area contributed by atoms with Crippen LogP contribution in [0.1, 0.15) is 39.5 Å². The molecule has 1 aromatic heterocycles. The number of nitrogens with one attached hydrogen (secondary N) is 1. The number of aromatic carboxylic acids is 1. The summed E-state index contributed by atoms with van der Waals surface area (Å²) in [6, 6.07) is 7.66. The molecule has 0 saturated heterocycles. The van der Waals surface area contributed by atoms with Gasteiger partial charge in [-0.05, 0) is 48.2 Å². The molecule has 0 bridgehead atoms. The van der Waals surface area contributed by atoms with E-state index in [0.29, 0.717) is 12.4 Å². The highest BCUT2D eigenvalue weighted by Crippen LogP contribution is 2.41. The van der Waals surface area contributed by atoms with E-state index in [4.69, 9.17) is 0 Å².